The van der Waals surface area contributed by atoms with Crippen LogP contribution in [0.5, 0.6) is 5.75 Å². The fourth-order valence-corrected chi connectivity index (χ4v) is 1.62. The van der Waals surface area contributed by atoms with Crippen LogP contribution in [0.1, 0.15) is 51.3 Å². The minimum atomic E-state index is 0.0135. The second-order valence-corrected chi connectivity index (χ2v) is 5.99. The third-order valence-corrected chi connectivity index (χ3v) is 2.77. The van der Waals surface area contributed by atoms with Gasteiger partial charge >= 0.3 is 0 Å². The summed E-state index contributed by atoms with van der Waals surface area (Å²) in [5.41, 5.74) is 8.58. The molecule has 96 valence electrons. The molecule has 2 N–H and O–H groups in total. The molecular weight excluding hydrogens is 210 g/mol. The summed E-state index contributed by atoms with van der Waals surface area (Å²) in [5.74, 6) is 0.926. The minimum absolute atomic E-state index is 0.0135. The Labute approximate surface area is 105 Å². The highest BCUT2D eigenvalue weighted by molar-refractivity contribution is 5.38. The van der Waals surface area contributed by atoms with Gasteiger partial charge in [-0.15, -0.1) is 0 Å². The van der Waals surface area contributed by atoms with Crippen LogP contribution in [0.3, 0.4) is 0 Å². The first-order chi connectivity index (χ1) is 7.79. The van der Waals surface area contributed by atoms with E-state index in [1.165, 1.54) is 5.56 Å². The molecule has 1 atom stereocenters. The molecule has 2 nitrogen and oxygen atoms in total. The maximum Gasteiger partial charge on any atom is 0.124 e. The van der Waals surface area contributed by atoms with Gasteiger partial charge in [-0.05, 0) is 31.7 Å². The van der Waals surface area contributed by atoms with Crippen molar-refractivity contribution in [2.24, 2.45) is 11.1 Å². The third-order valence-electron chi connectivity index (χ3n) is 2.77. The molecule has 0 spiro atoms. The predicted molar refractivity (Wildman–Crippen MR) is 73.3 cm³/mol. The van der Waals surface area contributed by atoms with Crippen LogP contribution in [0.4, 0.5) is 0 Å². The van der Waals surface area contributed by atoms with Gasteiger partial charge in [-0.3, -0.25) is 0 Å². The minimum Gasteiger partial charge on any atom is -0.493 e. The average molecular weight is 235 g/mol. The Morgan fingerprint density at radius 1 is 1.29 bits per heavy atom. The summed E-state index contributed by atoms with van der Waals surface area (Å²) in [6.45, 7) is 11.5. The fraction of sp³-hybridized carbons (Fsp3) is 0.600. The maximum absolute atomic E-state index is 5.96. The Morgan fingerprint density at radius 2 is 1.94 bits per heavy atom. The van der Waals surface area contributed by atoms with Gasteiger partial charge in [-0.2, -0.15) is 0 Å². The van der Waals surface area contributed by atoms with Gasteiger partial charge in [0, 0.05) is 11.6 Å². The summed E-state index contributed by atoms with van der Waals surface area (Å²) in [4.78, 5) is 0. The van der Waals surface area contributed by atoms with E-state index in [9.17, 15) is 0 Å². The summed E-state index contributed by atoms with van der Waals surface area (Å²) in [6, 6.07) is 6.21. The number of benzene rings is 1. The van der Waals surface area contributed by atoms with E-state index < -0.39 is 0 Å². The SMILES string of the molecule is Cc1ccc(OCCC(C)(C)C)c(C(C)N)c1. The van der Waals surface area contributed by atoms with E-state index in [4.69, 9.17) is 10.5 Å². The molecule has 2 heteroatoms. The van der Waals surface area contributed by atoms with Crippen molar-refractivity contribution < 1.29 is 4.74 Å². The summed E-state index contributed by atoms with van der Waals surface area (Å²) in [5, 5.41) is 0. The van der Waals surface area contributed by atoms with Crippen LogP contribution in [0.15, 0.2) is 18.2 Å². The van der Waals surface area contributed by atoms with Crippen molar-refractivity contribution in [1.82, 2.24) is 0 Å². The lowest BCUT2D eigenvalue weighted by Gasteiger charge is -2.20. The summed E-state index contributed by atoms with van der Waals surface area (Å²) in [6.07, 6.45) is 1.04. The van der Waals surface area contributed by atoms with Gasteiger partial charge < -0.3 is 10.5 Å². The van der Waals surface area contributed by atoms with Gasteiger partial charge in [0.05, 0.1) is 6.61 Å². The monoisotopic (exact) mass is 235 g/mol. The zero-order valence-electron chi connectivity index (χ0n) is 11.7. The number of ether oxygens (including phenoxy) is 1. The first-order valence-electron chi connectivity index (χ1n) is 6.28. The van der Waals surface area contributed by atoms with Crippen molar-refractivity contribution >= 4 is 0 Å². The predicted octanol–water partition coefficient (Wildman–Crippen LogP) is 3.83. The van der Waals surface area contributed by atoms with Gasteiger partial charge in [0.2, 0.25) is 0 Å². The molecule has 17 heavy (non-hydrogen) atoms. The Balaban J connectivity index is 2.70. The van der Waals surface area contributed by atoms with Gasteiger partial charge in [0.1, 0.15) is 5.75 Å². The quantitative estimate of drug-likeness (QED) is 0.860. The van der Waals surface area contributed by atoms with E-state index in [2.05, 4.69) is 39.8 Å². The van der Waals surface area contributed by atoms with Crippen LogP contribution in [0.2, 0.25) is 0 Å². The van der Waals surface area contributed by atoms with E-state index in [0.717, 1.165) is 24.3 Å². The zero-order valence-corrected chi connectivity index (χ0v) is 11.7. The normalized spacial score (nSPS) is 13.5. The van der Waals surface area contributed by atoms with Crippen LogP contribution in [0, 0.1) is 12.3 Å². The van der Waals surface area contributed by atoms with Gasteiger partial charge in [-0.1, -0.05) is 38.5 Å². The number of rotatable bonds is 4. The molecule has 0 aliphatic heterocycles. The molecule has 0 aliphatic rings. The number of nitrogens with two attached hydrogens (primary N) is 1. The van der Waals surface area contributed by atoms with Crippen molar-refractivity contribution in [3.63, 3.8) is 0 Å². The summed E-state index contributed by atoms with van der Waals surface area (Å²) in [7, 11) is 0. The number of hydrogen-bond acceptors (Lipinski definition) is 2. The second kappa shape index (κ2) is 5.54. The van der Waals surface area contributed by atoms with Crippen molar-refractivity contribution in [2.75, 3.05) is 6.61 Å². The number of hydrogen-bond donors (Lipinski definition) is 1. The van der Waals surface area contributed by atoms with Crippen molar-refractivity contribution in [2.45, 2.75) is 47.1 Å². The van der Waals surface area contributed by atoms with Crippen molar-refractivity contribution in [1.29, 1.82) is 0 Å². The van der Waals surface area contributed by atoms with Crippen LogP contribution >= 0.6 is 0 Å². The van der Waals surface area contributed by atoms with Crippen LogP contribution in [-0.2, 0) is 0 Å². The highest BCUT2D eigenvalue weighted by atomic mass is 16.5. The Hall–Kier alpha value is -1.02. The van der Waals surface area contributed by atoms with Crippen LogP contribution in [0.25, 0.3) is 0 Å². The molecule has 0 heterocycles. The van der Waals surface area contributed by atoms with E-state index in [-0.39, 0.29) is 6.04 Å². The van der Waals surface area contributed by atoms with Gasteiger partial charge in [-0.25, -0.2) is 0 Å². The molecule has 0 amide bonds. The Kier molecular flexibility index (Phi) is 4.58. The summed E-state index contributed by atoms with van der Waals surface area (Å²) < 4.78 is 5.85. The lowest BCUT2D eigenvalue weighted by molar-refractivity contribution is 0.240. The van der Waals surface area contributed by atoms with Crippen LogP contribution < -0.4 is 10.5 Å². The van der Waals surface area contributed by atoms with Crippen molar-refractivity contribution in [3.05, 3.63) is 29.3 Å². The molecule has 1 aromatic carbocycles. The molecular formula is C15H25NO. The topological polar surface area (TPSA) is 35.2 Å². The molecule has 1 unspecified atom stereocenters. The first-order valence-corrected chi connectivity index (χ1v) is 6.28. The molecule has 1 aromatic rings. The maximum atomic E-state index is 5.96. The highest BCUT2D eigenvalue weighted by Crippen LogP contribution is 2.26. The van der Waals surface area contributed by atoms with Crippen LogP contribution in [-0.4, -0.2) is 6.61 Å². The lowest BCUT2D eigenvalue weighted by atomic mass is 9.93. The van der Waals surface area contributed by atoms with Gasteiger partial charge in [0.15, 0.2) is 0 Å². The Morgan fingerprint density at radius 3 is 2.47 bits per heavy atom. The lowest BCUT2D eigenvalue weighted by Crippen LogP contribution is -2.13. The molecule has 0 fully saturated rings. The third kappa shape index (κ3) is 4.78. The zero-order chi connectivity index (χ0) is 13.1. The summed E-state index contributed by atoms with van der Waals surface area (Å²) >= 11 is 0. The highest BCUT2D eigenvalue weighted by Gasteiger charge is 2.12. The average Bonchev–Trinajstić information content (AvgIpc) is 2.18. The largest absolute Gasteiger partial charge is 0.493 e. The molecule has 1 rings (SSSR count). The second-order valence-electron chi connectivity index (χ2n) is 5.99. The fourth-order valence-electron chi connectivity index (χ4n) is 1.62. The smallest absolute Gasteiger partial charge is 0.124 e. The number of aryl methyl sites for hydroxylation is 1. The van der Waals surface area contributed by atoms with E-state index in [1.807, 2.05) is 13.0 Å². The molecule has 0 saturated heterocycles. The van der Waals surface area contributed by atoms with E-state index in [1.54, 1.807) is 0 Å². The molecule has 0 saturated carbocycles. The van der Waals surface area contributed by atoms with E-state index in [0.29, 0.717) is 5.41 Å². The van der Waals surface area contributed by atoms with E-state index >= 15 is 0 Å². The van der Waals surface area contributed by atoms with Crippen molar-refractivity contribution in [3.8, 4) is 5.75 Å². The molecule has 0 aromatic heterocycles. The molecule has 0 bridgehead atoms. The first kappa shape index (κ1) is 14.0. The molecule has 0 aliphatic carbocycles. The Bertz CT molecular complexity index is 364. The molecule has 0 radical (unpaired) electrons. The van der Waals surface area contributed by atoms with Gasteiger partial charge in [0.25, 0.3) is 0 Å². The standard InChI is InChI=1S/C15H25NO/c1-11-6-7-14(13(10-11)12(2)16)17-9-8-15(3,4)5/h6-7,10,12H,8-9,16H2,1-5H3.